The largest absolute Gasteiger partial charge is 0.355 e. The molecule has 2 rings (SSSR count). The van der Waals surface area contributed by atoms with Crippen LogP contribution >= 0.6 is 23.2 Å². The van der Waals surface area contributed by atoms with Crippen LogP contribution in [0.1, 0.15) is 31.4 Å². The summed E-state index contributed by atoms with van der Waals surface area (Å²) in [6.07, 6.45) is 0.979. The van der Waals surface area contributed by atoms with Crippen molar-refractivity contribution < 1.29 is 9.59 Å². The van der Waals surface area contributed by atoms with Gasteiger partial charge in [-0.2, -0.15) is 0 Å². The molecule has 2 N–H and O–H groups in total. The van der Waals surface area contributed by atoms with Gasteiger partial charge in [-0.1, -0.05) is 29.3 Å². The van der Waals surface area contributed by atoms with E-state index in [2.05, 4.69) is 10.6 Å². The van der Waals surface area contributed by atoms with Crippen LogP contribution in [0.25, 0.3) is 0 Å². The molecule has 4 nitrogen and oxygen atoms in total. The summed E-state index contributed by atoms with van der Waals surface area (Å²) in [6, 6.07) is 5.00. The van der Waals surface area contributed by atoms with Gasteiger partial charge in [0, 0.05) is 23.0 Å². The van der Waals surface area contributed by atoms with Gasteiger partial charge in [-0.15, -0.1) is 0 Å². The van der Waals surface area contributed by atoms with Crippen molar-refractivity contribution >= 4 is 35.0 Å². The SMILES string of the molecule is CC(NC(=O)C1CCC(=O)NC1)c1ccc(Cl)cc1Cl. The van der Waals surface area contributed by atoms with Crippen molar-refractivity contribution in [2.45, 2.75) is 25.8 Å². The maximum atomic E-state index is 12.1. The summed E-state index contributed by atoms with van der Waals surface area (Å²) in [5, 5.41) is 6.72. The highest BCUT2D eigenvalue weighted by Gasteiger charge is 2.25. The first-order chi connectivity index (χ1) is 9.47. The average molecular weight is 315 g/mol. The van der Waals surface area contributed by atoms with Crippen molar-refractivity contribution in [3.8, 4) is 0 Å². The molecule has 1 aliphatic rings. The van der Waals surface area contributed by atoms with Gasteiger partial charge in [-0.3, -0.25) is 9.59 Å². The van der Waals surface area contributed by atoms with Crippen molar-refractivity contribution in [3.63, 3.8) is 0 Å². The molecule has 108 valence electrons. The van der Waals surface area contributed by atoms with Gasteiger partial charge in [0.25, 0.3) is 0 Å². The van der Waals surface area contributed by atoms with Crippen LogP contribution in [-0.2, 0) is 9.59 Å². The molecule has 1 heterocycles. The summed E-state index contributed by atoms with van der Waals surface area (Å²) in [5.41, 5.74) is 0.823. The van der Waals surface area contributed by atoms with Crippen LogP contribution in [-0.4, -0.2) is 18.4 Å². The lowest BCUT2D eigenvalue weighted by atomic mass is 9.97. The molecule has 0 radical (unpaired) electrons. The normalized spacial score (nSPS) is 20.1. The van der Waals surface area contributed by atoms with Crippen molar-refractivity contribution in [3.05, 3.63) is 33.8 Å². The van der Waals surface area contributed by atoms with E-state index < -0.39 is 0 Å². The maximum absolute atomic E-state index is 12.1. The minimum Gasteiger partial charge on any atom is -0.355 e. The van der Waals surface area contributed by atoms with Gasteiger partial charge >= 0.3 is 0 Å². The number of nitrogens with one attached hydrogen (secondary N) is 2. The van der Waals surface area contributed by atoms with Crippen LogP contribution in [0.4, 0.5) is 0 Å². The van der Waals surface area contributed by atoms with Crippen molar-refractivity contribution in [1.82, 2.24) is 10.6 Å². The third kappa shape index (κ3) is 3.64. The number of hydrogen-bond acceptors (Lipinski definition) is 2. The standard InChI is InChI=1S/C14H16Cl2N2O2/c1-8(11-4-3-10(15)6-12(11)16)18-14(20)9-2-5-13(19)17-7-9/h3-4,6,8-9H,2,5,7H2,1H3,(H,17,19)(H,18,20). The molecule has 1 aromatic rings. The number of halogens is 2. The third-order valence-corrected chi connectivity index (χ3v) is 3.99. The van der Waals surface area contributed by atoms with Gasteiger partial charge in [0.15, 0.2) is 0 Å². The Bertz CT molecular complexity index is 524. The predicted molar refractivity (Wildman–Crippen MR) is 78.8 cm³/mol. The van der Waals surface area contributed by atoms with Gasteiger partial charge in [-0.05, 0) is 31.0 Å². The quantitative estimate of drug-likeness (QED) is 0.901. The summed E-state index contributed by atoms with van der Waals surface area (Å²) in [6.45, 7) is 2.26. The molecule has 20 heavy (non-hydrogen) atoms. The maximum Gasteiger partial charge on any atom is 0.225 e. The lowest BCUT2D eigenvalue weighted by molar-refractivity contribution is -0.129. The van der Waals surface area contributed by atoms with Crippen LogP contribution in [0, 0.1) is 5.92 Å². The molecule has 0 saturated carbocycles. The number of amides is 2. The Labute approximate surface area is 127 Å². The molecule has 1 aromatic carbocycles. The van der Waals surface area contributed by atoms with Gasteiger partial charge in [0.05, 0.1) is 12.0 Å². The molecule has 2 atom stereocenters. The fourth-order valence-corrected chi connectivity index (χ4v) is 2.79. The average Bonchev–Trinajstić information content (AvgIpc) is 2.39. The monoisotopic (exact) mass is 314 g/mol. The minimum atomic E-state index is -0.204. The minimum absolute atomic E-state index is 0.00263. The van der Waals surface area contributed by atoms with E-state index in [1.54, 1.807) is 18.2 Å². The Balaban J connectivity index is 1.98. The van der Waals surface area contributed by atoms with Crippen LogP contribution in [0.15, 0.2) is 18.2 Å². The second kappa shape index (κ2) is 6.46. The van der Waals surface area contributed by atoms with E-state index in [-0.39, 0.29) is 23.8 Å². The molecule has 0 bridgehead atoms. The number of hydrogen-bond donors (Lipinski definition) is 2. The van der Waals surface area contributed by atoms with E-state index >= 15 is 0 Å². The van der Waals surface area contributed by atoms with Crippen LogP contribution < -0.4 is 10.6 Å². The number of benzene rings is 1. The summed E-state index contributed by atoms with van der Waals surface area (Å²) < 4.78 is 0. The third-order valence-electron chi connectivity index (χ3n) is 3.42. The Morgan fingerprint density at radius 1 is 1.45 bits per heavy atom. The van der Waals surface area contributed by atoms with E-state index in [1.165, 1.54) is 0 Å². The summed E-state index contributed by atoms with van der Waals surface area (Å²) in [7, 11) is 0. The summed E-state index contributed by atoms with van der Waals surface area (Å²) in [4.78, 5) is 23.2. The van der Waals surface area contributed by atoms with Gasteiger partial charge in [-0.25, -0.2) is 0 Å². The lowest BCUT2D eigenvalue weighted by Crippen LogP contribution is -2.43. The van der Waals surface area contributed by atoms with E-state index in [1.807, 2.05) is 6.92 Å². The van der Waals surface area contributed by atoms with E-state index in [9.17, 15) is 9.59 Å². The topological polar surface area (TPSA) is 58.2 Å². The Morgan fingerprint density at radius 3 is 2.80 bits per heavy atom. The smallest absolute Gasteiger partial charge is 0.225 e. The van der Waals surface area contributed by atoms with Crippen LogP contribution in [0.3, 0.4) is 0 Å². The fraction of sp³-hybridized carbons (Fsp3) is 0.429. The molecule has 0 aliphatic carbocycles. The zero-order valence-corrected chi connectivity index (χ0v) is 12.6. The second-order valence-electron chi connectivity index (χ2n) is 4.94. The van der Waals surface area contributed by atoms with E-state index in [0.29, 0.717) is 29.4 Å². The van der Waals surface area contributed by atoms with E-state index in [4.69, 9.17) is 23.2 Å². The highest BCUT2D eigenvalue weighted by Crippen LogP contribution is 2.26. The van der Waals surface area contributed by atoms with E-state index in [0.717, 1.165) is 5.56 Å². The number of carbonyl (C=O) groups excluding carboxylic acids is 2. The molecule has 2 unspecified atom stereocenters. The number of rotatable bonds is 3. The number of piperidine rings is 1. The lowest BCUT2D eigenvalue weighted by Gasteiger charge is -2.24. The second-order valence-corrected chi connectivity index (χ2v) is 5.78. The highest BCUT2D eigenvalue weighted by atomic mass is 35.5. The summed E-state index contributed by atoms with van der Waals surface area (Å²) in [5.74, 6) is -0.243. The van der Waals surface area contributed by atoms with Gasteiger partial charge in [0.1, 0.15) is 0 Å². The Morgan fingerprint density at radius 2 is 2.20 bits per heavy atom. The molecule has 0 spiro atoms. The fourth-order valence-electron chi connectivity index (χ4n) is 2.22. The molecule has 2 amide bonds. The first-order valence-corrected chi connectivity index (χ1v) is 7.25. The van der Waals surface area contributed by atoms with Crippen LogP contribution in [0.5, 0.6) is 0 Å². The Hall–Kier alpha value is -1.26. The molecule has 0 aromatic heterocycles. The molecule has 1 aliphatic heterocycles. The first kappa shape index (κ1) is 15.1. The molecular formula is C14H16Cl2N2O2. The molecule has 6 heteroatoms. The predicted octanol–water partition coefficient (Wildman–Crippen LogP) is 2.70. The number of carbonyl (C=O) groups is 2. The first-order valence-electron chi connectivity index (χ1n) is 6.49. The van der Waals surface area contributed by atoms with Crippen molar-refractivity contribution in [2.24, 2.45) is 5.92 Å². The molecular weight excluding hydrogens is 299 g/mol. The van der Waals surface area contributed by atoms with Crippen molar-refractivity contribution in [1.29, 1.82) is 0 Å². The highest BCUT2D eigenvalue weighted by molar-refractivity contribution is 6.35. The Kier molecular flexibility index (Phi) is 4.89. The van der Waals surface area contributed by atoms with Gasteiger partial charge in [0.2, 0.25) is 11.8 Å². The van der Waals surface area contributed by atoms with Gasteiger partial charge < -0.3 is 10.6 Å². The summed E-state index contributed by atoms with van der Waals surface area (Å²) >= 11 is 12.0. The van der Waals surface area contributed by atoms with Crippen molar-refractivity contribution in [2.75, 3.05) is 6.54 Å². The van der Waals surface area contributed by atoms with Crippen LogP contribution in [0.2, 0.25) is 10.0 Å². The molecule has 1 saturated heterocycles. The zero-order chi connectivity index (χ0) is 14.7. The zero-order valence-electron chi connectivity index (χ0n) is 11.1. The molecule has 1 fully saturated rings.